The summed E-state index contributed by atoms with van der Waals surface area (Å²) in [5.41, 5.74) is 3.47. The van der Waals surface area contributed by atoms with E-state index in [9.17, 15) is 10.1 Å². The van der Waals surface area contributed by atoms with Crippen molar-refractivity contribution in [2.45, 2.75) is 19.8 Å². The summed E-state index contributed by atoms with van der Waals surface area (Å²) >= 11 is 3.46. The van der Waals surface area contributed by atoms with Crippen LogP contribution in [0, 0.1) is 25.2 Å². The Morgan fingerprint density at radius 2 is 1.90 bits per heavy atom. The third kappa shape index (κ3) is 3.50. The van der Waals surface area contributed by atoms with Gasteiger partial charge in [-0.05, 0) is 52.5 Å². The normalized spacial score (nSPS) is 11.5. The molecule has 0 bridgehead atoms. The second-order valence-corrected chi connectivity index (χ2v) is 5.76. The summed E-state index contributed by atoms with van der Waals surface area (Å²) in [6.45, 7) is 3.92. The Labute approximate surface area is 132 Å². The lowest BCUT2D eigenvalue weighted by molar-refractivity contribution is -0.116. The van der Waals surface area contributed by atoms with Gasteiger partial charge in [-0.15, -0.1) is 0 Å². The number of nitriles is 1. The molecule has 1 amide bonds. The minimum Gasteiger partial charge on any atom is -0.323 e. The zero-order chi connectivity index (χ0) is 15.4. The van der Waals surface area contributed by atoms with Crippen LogP contribution < -0.4 is 5.32 Å². The average Bonchev–Trinajstić information content (AvgIpc) is 2.45. The molecule has 106 valence electrons. The van der Waals surface area contributed by atoms with E-state index in [1.165, 1.54) is 0 Å². The highest BCUT2D eigenvalue weighted by molar-refractivity contribution is 9.10. The highest BCUT2D eigenvalue weighted by Gasteiger charge is 2.21. The van der Waals surface area contributed by atoms with Gasteiger partial charge in [-0.25, -0.2) is 0 Å². The van der Waals surface area contributed by atoms with E-state index in [4.69, 9.17) is 0 Å². The van der Waals surface area contributed by atoms with Gasteiger partial charge >= 0.3 is 0 Å². The smallest absolute Gasteiger partial charge is 0.246 e. The van der Waals surface area contributed by atoms with E-state index in [0.29, 0.717) is 11.3 Å². The summed E-state index contributed by atoms with van der Waals surface area (Å²) in [5, 5.41) is 12.1. The number of nitrogens with zero attached hydrogens (tertiary/aromatic N) is 1. The molecule has 0 spiro atoms. The molecule has 2 rings (SSSR count). The molecule has 0 saturated heterocycles. The van der Waals surface area contributed by atoms with Gasteiger partial charge in [0.05, 0.1) is 11.8 Å². The van der Waals surface area contributed by atoms with Crippen LogP contribution in [0.2, 0.25) is 0 Å². The van der Waals surface area contributed by atoms with Crippen LogP contribution in [0.5, 0.6) is 0 Å². The van der Waals surface area contributed by atoms with E-state index in [1.54, 1.807) is 12.1 Å². The molecule has 2 aromatic rings. The number of carbonyl (C=O) groups is 1. The first-order chi connectivity index (χ1) is 10.0. The Kier molecular flexibility index (Phi) is 4.77. The second-order valence-electron chi connectivity index (χ2n) is 4.90. The fraction of sp³-hybridized carbons (Fsp3) is 0.176. The molecule has 4 heteroatoms. The minimum atomic E-state index is -0.821. The molecule has 0 aliphatic heterocycles. The quantitative estimate of drug-likeness (QED) is 0.903. The maximum atomic E-state index is 12.4. The van der Waals surface area contributed by atoms with E-state index in [2.05, 4.69) is 27.3 Å². The topological polar surface area (TPSA) is 52.9 Å². The third-order valence-corrected chi connectivity index (χ3v) is 3.83. The van der Waals surface area contributed by atoms with E-state index >= 15 is 0 Å². The molecule has 0 aliphatic rings. The largest absolute Gasteiger partial charge is 0.323 e. The number of carbonyl (C=O) groups excluding carboxylic acids is 1. The number of amides is 1. The highest BCUT2D eigenvalue weighted by Crippen LogP contribution is 2.29. The number of hydrogen-bond acceptors (Lipinski definition) is 2. The van der Waals surface area contributed by atoms with Gasteiger partial charge in [-0.3, -0.25) is 4.79 Å². The molecule has 0 aromatic heterocycles. The fourth-order valence-corrected chi connectivity index (χ4v) is 2.97. The van der Waals surface area contributed by atoms with Gasteiger partial charge < -0.3 is 5.32 Å². The van der Waals surface area contributed by atoms with E-state index < -0.39 is 5.92 Å². The predicted molar refractivity (Wildman–Crippen MR) is 87.0 cm³/mol. The van der Waals surface area contributed by atoms with Gasteiger partial charge in [0.1, 0.15) is 0 Å². The molecular weight excluding hydrogens is 328 g/mol. The first-order valence-electron chi connectivity index (χ1n) is 6.55. The van der Waals surface area contributed by atoms with Gasteiger partial charge in [0.25, 0.3) is 0 Å². The third-order valence-electron chi connectivity index (χ3n) is 3.20. The number of halogens is 1. The lowest BCUT2D eigenvalue weighted by Gasteiger charge is -2.14. The van der Waals surface area contributed by atoms with Crippen molar-refractivity contribution < 1.29 is 4.79 Å². The molecule has 1 unspecified atom stereocenters. The van der Waals surface area contributed by atoms with Crippen LogP contribution >= 0.6 is 15.9 Å². The molecule has 1 atom stereocenters. The molecule has 0 aliphatic carbocycles. The number of hydrogen-bond donors (Lipinski definition) is 1. The van der Waals surface area contributed by atoms with Crippen LogP contribution in [0.4, 0.5) is 5.69 Å². The zero-order valence-electron chi connectivity index (χ0n) is 11.9. The van der Waals surface area contributed by atoms with Gasteiger partial charge in [-0.1, -0.05) is 36.4 Å². The number of anilines is 1. The maximum Gasteiger partial charge on any atom is 0.246 e. The Morgan fingerprint density at radius 3 is 2.48 bits per heavy atom. The SMILES string of the molecule is Cc1cc(C)c(NC(=O)C(C#N)c2ccccc2)c(Br)c1. The lowest BCUT2D eigenvalue weighted by Crippen LogP contribution is -2.20. The fourth-order valence-electron chi connectivity index (χ4n) is 2.20. The lowest BCUT2D eigenvalue weighted by atomic mass is 9.99. The van der Waals surface area contributed by atoms with Crippen molar-refractivity contribution in [3.63, 3.8) is 0 Å². The van der Waals surface area contributed by atoms with E-state index in [0.717, 1.165) is 15.6 Å². The van der Waals surface area contributed by atoms with Gasteiger partial charge in [0.2, 0.25) is 5.91 Å². The molecular formula is C17H15BrN2O. The first-order valence-corrected chi connectivity index (χ1v) is 7.34. The first kappa shape index (κ1) is 15.3. The maximum absolute atomic E-state index is 12.4. The molecule has 21 heavy (non-hydrogen) atoms. The van der Waals surface area contributed by atoms with Crippen molar-refractivity contribution in [2.24, 2.45) is 0 Å². The molecule has 0 fully saturated rings. The standard InChI is InChI=1S/C17H15BrN2O/c1-11-8-12(2)16(15(18)9-11)20-17(21)14(10-19)13-6-4-3-5-7-13/h3-9,14H,1-2H3,(H,20,21). The molecule has 1 N–H and O–H groups in total. The van der Waals surface area contributed by atoms with Crippen molar-refractivity contribution in [1.82, 2.24) is 0 Å². The minimum absolute atomic E-state index is 0.323. The Bertz CT molecular complexity index is 681. The van der Waals surface area contributed by atoms with Crippen LogP contribution in [-0.2, 0) is 4.79 Å². The number of benzene rings is 2. The van der Waals surface area contributed by atoms with E-state index in [-0.39, 0.29) is 5.91 Å². The van der Waals surface area contributed by atoms with Crippen molar-refractivity contribution in [1.29, 1.82) is 5.26 Å². The summed E-state index contributed by atoms with van der Waals surface area (Å²) in [6.07, 6.45) is 0. The zero-order valence-corrected chi connectivity index (χ0v) is 13.4. The molecule has 0 heterocycles. The van der Waals surface area contributed by atoms with Crippen molar-refractivity contribution in [3.05, 3.63) is 63.6 Å². The molecule has 0 radical (unpaired) electrons. The number of nitrogens with one attached hydrogen (secondary N) is 1. The summed E-state index contributed by atoms with van der Waals surface area (Å²) in [5.74, 6) is -1.14. The Balaban J connectivity index is 2.28. The van der Waals surface area contributed by atoms with Gasteiger partial charge in [-0.2, -0.15) is 5.26 Å². The number of rotatable bonds is 3. The molecule has 2 aromatic carbocycles. The summed E-state index contributed by atoms with van der Waals surface area (Å²) in [7, 11) is 0. The van der Waals surface area contributed by atoms with Gasteiger partial charge in [0, 0.05) is 4.47 Å². The second kappa shape index (κ2) is 6.55. The van der Waals surface area contributed by atoms with Crippen LogP contribution in [-0.4, -0.2) is 5.91 Å². The summed E-state index contributed by atoms with van der Waals surface area (Å²) in [6, 6.07) is 15.0. The molecule has 3 nitrogen and oxygen atoms in total. The van der Waals surface area contributed by atoms with Crippen molar-refractivity contribution >= 4 is 27.5 Å². The van der Waals surface area contributed by atoms with Crippen LogP contribution in [0.3, 0.4) is 0 Å². The Hall–Kier alpha value is -2.12. The summed E-state index contributed by atoms with van der Waals surface area (Å²) in [4.78, 5) is 12.4. The monoisotopic (exact) mass is 342 g/mol. The number of aryl methyl sites for hydroxylation is 2. The Morgan fingerprint density at radius 1 is 1.24 bits per heavy atom. The predicted octanol–water partition coefficient (Wildman–Crippen LogP) is 4.31. The van der Waals surface area contributed by atoms with Crippen molar-refractivity contribution in [3.8, 4) is 6.07 Å². The van der Waals surface area contributed by atoms with E-state index in [1.807, 2.05) is 44.2 Å². The van der Waals surface area contributed by atoms with Crippen molar-refractivity contribution in [2.75, 3.05) is 5.32 Å². The summed E-state index contributed by atoms with van der Waals surface area (Å²) < 4.78 is 0.818. The van der Waals surface area contributed by atoms with Crippen LogP contribution in [0.15, 0.2) is 46.9 Å². The van der Waals surface area contributed by atoms with Gasteiger partial charge in [0.15, 0.2) is 5.92 Å². The highest BCUT2D eigenvalue weighted by atomic mass is 79.9. The average molecular weight is 343 g/mol. The molecule has 0 saturated carbocycles. The van der Waals surface area contributed by atoms with Crippen LogP contribution in [0.25, 0.3) is 0 Å². The van der Waals surface area contributed by atoms with Crippen LogP contribution in [0.1, 0.15) is 22.6 Å².